The highest BCUT2D eigenvalue weighted by atomic mass is 35.5. The predicted molar refractivity (Wildman–Crippen MR) is 36.2 cm³/mol. The Bertz CT molecular complexity index is 290. The van der Waals surface area contributed by atoms with E-state index < -0.39 is 0 Å². The van der Waals surface area contributed by atoms with E-state index in [0.717, 1.165) is 0 Å². The van der Waals surface area contributed by atoms with E-state index in [0.29, 0.717) is 0 Å². The molecule has 0 aliphatic heterocycles. The van der Waals surface area contributed by atoms with Gasteiger partial charge in [0.25, 0.3) is 0 Å². The number of halogens is 1. The van der Waals surface area contributed by atoms with Gasteiger partial charge in [0.2, 0.25) is 0 Å². The third-order valence-corrected chi connectivity index (χ3v) is 1.06. The van der Waals surface area contributed by atoms with E-state index >= 15 is 0 Å². The first kappa shape index (κ1) is 6.78. The Hall–Kier alpha value is -1.34. The van der Waals surface area contributed by atoms with Crippen LogP contribution in [0.4, 0.5) is 5.82 Å². The number of nitrogen functional groups attached to an aromatic ring is 1. The SMILES string of the molecule is N#Cc1ncc(Cl)nc1N. The Morgan fingerprint density at radius 2 is 2.40 bits per heavy atom. The number of aromatic nitrogens is 2. The molecule has 1 rings (SSSR count). The highest BCUT2D eigenvalue weighted by Crippen LogP contribution is 2.07. The van der Waals surface area contributed by atoms with Crippen LogP contribution in [0.15, 0.2) is 6.20 Å². The fourth-order valence-corrected chi connectivity index (χ4v) is 0.607. The van der Waals surface area contributed by atoms with Crippen molar-refractivity contribution >= 4 is 17.4 Å². The van der Waals surface area contributed by atoms with Crippen molar-refractivity contribution in [1.29, 1.82) is 5.26 Å². The third-order valence-electron chi connectivity index (χ3n) is 0.876. The molecule has 0 unspecified atom stereocenters. The summed E-state index contributed by atoms with van der Waals surface area (Å²) in [5, 5.41) is 8.52. The van der Waals surface area contributed by atoms with Crippen molar-refractivity contribution in [2.24, 2.45) is 0 Å². The summed E-state index contributed by atoms with van der Waals surface area (Å²) in [7, 11) is 0. The molecule has 4 nitrogen and oxygen atoms in total. The number of nitrogens with zero attached hydrogens (tertiary/aromatic N) is 3. The van der Waals surface area contributed by atoms with Gasteiger partial charge in [-0.2, -0.15) is 5.26 Å². The second-order valence-corrected chi connectivity index (χ2v) is 1.93. The quantitative estimate of drug-likeness (QED) is 0.593. The van der Waals surface area contributed by atoms with Crippen molar-refractivity contribution in [2.45, 2.75) is 0 Å². The lowest BCUT2D eigenvalue weighted by Crippen LogP contribution is -1.96. The molecular formula is C5H3ClN4. The van der Waals surface area contributed by atoms with E-state index in [1.165, 1.54) is 6.20 Å². The summed E-state index contributed by atoms with van der Waals surface area (Å²) in [5.74, 6) is 0.0648. The first-order valence-corrected chi connectivity index (χ1v) is 2.80. The van der Waals surface area contributed by atoms with Gasteiger partial charge in [0.05, 0.1) is 6.20 Å². The Balaban J connectivity index is 3.23. The first-order valence-electron chi connectivity index (χ1n) is 2.42. The molecule has 0 aliphatic rings. The van der Waals surface area contributed by atoms with E-state index in [1.54, 1.807) is 6.07 Å². The maximum Gasteiger partial charge on any atom is 0.182 e. The minimum absolute atomic E-state index is 0.0648. The zero-order valence-corrected chi connectivity index (χ0v) is 5.63. The van der Waals surface area contributed by atoms with Crippen molar-refractivity contribution in [2.75, 3.05) is 5.73 Å². The molecule has 2 N–H and O–H groups in total. The van der Waals surface area contributed by atoms with Crippen LogP contribution >= 0.6 is 11.6 Å². The van der Waals surface area contributed by atoms with Gasteiger partial charge >= 0.3 is 0 Å². The molecule has 0 fully saturated rings. The minimum atomic E-state index is 0.0648. The highest BCUT2D eigenvalue weighted by molar-refractivity contribution is 6.29. The lowest BCUT2D eigenvalue weighted by molar-refractivity contribution is 1.17. The van der Waals surface area contributed by atoms with E-state index in [4.69, 9.17) is 22.6 Å². The van der Waals surface area contributed by atoms with E-state index in [1.807, 2.05) is 0 Å². The summed E-state index contributed by atoms with van der Waals surface area (Å²) in [6, 6.07) is 1.77. The average Bonchev–Trinajstić information content (AvgIpc) is 1.88. The molecule has 1 heterocycles. The van der Waals surface area contributed by atoms with Gasteiger partial charge in [0, 0.05) is 0 Å². The van der Waals surface area contributed by atoms with Crippen LogP contribution in [-0.2, 0) is 0 Å². The van der Waals surface area contributed by atoms with Crippen LogP contribution in [0.25, 0.3) is 0 Å². The van der Waals surface area contributed by atoms with Gasteiger partial charge in [-0.15, -0.1) is 0 Å². The van der Waals surface area contributed by atoms with Crippen LogP contribution in [0.2, 0.25) is 5.15 Å². The molecule has 10 heavy (non-hydrogen) atoms. The Morgan fingerprint density at radius 3 is 2.90 bits per heavy atom. The fraction of sp³-hybridized carbons (Fsp3) is 0. The van der Waals surface area contributed by atoms with Gasteiger partial charge < -0.3 is 5.73 Å². The lowest BCUT2D eigenvalue weighted by Gasteiger charge is -1.92. The minimum Gasteiger partial charge on any atom is -0.381 e. The zero-order valence-electron chi connectivity index (χ0n) is 4.87. The van der Waals surface area contributed by atoms with E-state index in [9.17, 15) is 0 Å². The van der Waals surface area contributed by atoms with Crippen molar-refractivity contribution in [1.82, 2.24) is 9.97 Å². The van der Waals surface area contributed by atoms with Crippen LogP contribution in [0.5, 0.6) is 0 Å². The predicted octanol–water partition coefficient (Wildman–Crippen LogP) is 0.584. The number of rotatable bonds is 0. The highest BCUT2D eigenvalue weighted by Gasteiger charge is 1.99. The summed E-state index contributed by atoms with van der Waals surface area (Å²) in [6.45, 7) is 0. The zero-order chi connectivity index (χ0) is 7.56. The van der Waals surface area contributed by atoms with Crippen LogP contribution < -0.4 is 5.73 Å². The van der Waals surface area contributed by atoms with Crippen LogP contribution in [0, 0.1) is 11.3 Å². The smallest absolute Gasteiger partial charge is 0.182 e. The van der Waals surface area contributed by atoms with Gasteiger partial charge in [-0.1, -0.05) is 11.6 Å². The van der Waals surface area contributed by atoms with Gasteiger partial charge in [-0.25, -0.2) is 9.97 Å². The molecule has 5 heteroatoms. The molecule has 0 aliphatic carbocycles. The van der Waals surface area contributed by atoms with Gasteiger partial charge in [-0.3, -0.25) is 0 Å². The molecule has 50 valence electrons. The molecule has 1 aromatic heterocycles. The van der Waals surface area contributed by atoms with Crippen molar-refractivity contribution in [3.05, 3.63) is 17.0 Å². The summed E-state index contributed by atoms with van der Waals surface area (Å²) < 4.78 is 0. The first-order chi connectivity index (χ1) is 4.74. The lowest BCUT2D eigenvalue weighted by atomic mass is 10.4. The number of anilines is 1. The fourth-order valence-electron chi connectivity index (χ4n) is 0.467. The van der Waals surface area contributed by atoms with Gasteiger partial charge in [0.1, 0.15) is 11.2 Å². The topological polar surface area (TPSA) is 75.6 Å². The largest absolute Gasteiger partial charge is 0.381 e. The van der Waals surface area contributed by atoms with Crippen LogP contribution in [0.1, 0.15) is 5.69 Å². The number of hydrogen-bond donors (Lipinski definition) is 1. The maximum absolute atomic E-state index is 8.33. The molecule has 0 bridgehead atoms. The Kier molecular flexibility index (Phi) is 1.69. The molecule has 1 aromatic rings. The van der Waals surface area contributed by atoms with E-state index in [-0.39, 0.29) is 16.7 Å². The standard InChI is InChI=1S/C5H3ClN4/c6-4-2-9-3(1-7)5(8)10-4/h2H,(H2,8,10). The molecule has 0 spiro atoms. The molecular weight excluding hydrogens is 152 g/mol. The number of hydrogen-bond acceptors (Lipinski definition) is 4. The van der Waals surface area contributed by atoms with Gasteiger partial charge in [0.15, 0.2) is 11.5 Å². The average molecular weight is 155 g/mol. The van der Waals surface area contributed by atoms with E-state index in [2.05, 4.69) is 9.97 Å². The number of nitriles is 1. The Morgan fingerprint density at radius 1 is 1.70 bits per heavy atom. The monoisotopic (exact) mass is 154 g/mol. The molecule has 0 radical (unpaired) electrons. The summed E-state index contributed by atoms with van der Waals surface area (Å²) in [6.07, 6.45) is 1.27. The van der Waals surface area contributed by atoms with Crippen molar-refractivity contribution < 1.29 is 0 Å². The molecule has 0 saturated heterocycles. The normalized spacial score (nSPS) is 8.80. The molecule has 0 atom stereocenters. The maximum atomic E-state index is 8.33. The molecule has 0 amide bonds. The van der Waals surface area contributed by atoms with Crippen LogP contribution in [0.3, 0.4) is 0 Å². The third kappa shape index (κ3) is 1.14. The van der Waals surface area contributed by atoms with Crippen LogP contribution in [-0.4, -0.2) is 9.97 Å². The second kappa shape index (κ2) is 2.50. The molecule has 0 aromatic carbocycles. The van der Waals surface area contributed by atoms with Crippen molar-refractivity contribution in [3.8, 4) is 6.07 Å². The number of nitrogens with two attached hydrogens (primary N) is 1. The summed E-state index contributed by atoms with van der Waals surface area (Å²) in [5.41, 5.74) is 5.35. The van der Waals surface area contributed by atoms with Gasteiger partial charge in [-0.05, 0) is 0 Å². The Labute approximate surface area is 62.3 Å². The second-order valence-electron chi connectivity index (χ2n) is 1.54. The molecule has 0 saturated carbocycles. The summed E-state index contributed by atoms with van der Waals surface area (Å²) in [4.78, 5) is 7.22. The van der Waals surface area contributed by atoms with Crippen molar-refractivity contribution in [3.63, 3.8) is 0 Å². The summed E-state index contributed by atoms with van der Waals surface area (Å²) >= 11 is 5.41.